The van der Waals surface area contributed by atoms with Gasteiger partial charge in [0.15, 0.2) is 0 Å². The van der Waals surface area contributed by atoms with E-state index in [1.54, 1.807) is 0 Å². The normalized spacial score (nSPS) is 12.3. The number of hydrogen-bond acceptors (Lipinski definition) is 3. The fourth-order valence-corrected chi connectivity index (χ4v) is 1.94. The molecule has 0 aromatic rings. The van der Waals surface area contributed by atoms with Crippen LogP contribution >= 0.6 is 0 Å². The largest absolute Gasteiger partial charge is 0.481 e. The number of carbonyl (C=O) groups is 2. The summed E-state index contributed by atoms with van der Waals surface area (Å²) in [5, 5.41) is 17.5. The summed E-state index contributed by atoms with van der Waals surface area (Å²) >= 11 is 0. The summed E-state index contributed by atoms with van der Waals surface area (Å²) in [7, 11) is 0. The van der Waals surface area contributed by atoms with Gasteiger partial charge in [0.05, 0.1) is 0 Å². The Bertz CT molecular complexity index is 216. The van der Waals surface area contributed by atoms with Crippen molar-refractivity contribution in [1.82, 2.24) is 0 Å². The number of aliphatic hydroxyl groups excluding tert-OH is 1. The number of hydrogen-bond donors (Lipinski definition) is 2. The van der Waals surface area contributed by atoms with E-state index < -0.39 is 12.1 Å². The van der Waals surface area contributed by atoms with Crippen LogP contribution in [0.25, 0.3) is 0 Å². The maximum Gasteiger partial charge on any atom is 0.303 e. The van der Waals surface area contributed by atoms with Crippen molar-refractivity contribution >= 4 is 12.3 Å². The Morgan fingerprint density at radius 2 is 1.33 bits per heavy atom. The summed E-state index contributed by atoms with van der Waals surface area (Å²) in [5.41, 5.74) is 0. The first-order valence-corrected chi connectivity index (χ1v) is 7.02. The van der Waals surface area contributed by atoms with Gasteiger partial charge < -0.3 is 15.0 Å². The van der Waals surface area contributed by atoms with E-state index in [-0.39, 0.29) is 0 Å². The van der Waals surface area contributed by atoms with Crippen LogP contribution in [0.4, 0.5) is 0 Å². The van der Waals surface area contributed by atoms with E-state index in [1.807, 2.05) is 0 Å². The highest BCUT2D eigenvalue weighted by Crippen LogP contribution is 2.11. The van der Waals surface area contributed by atoms with Gasteiger partial charge in [-0.3, -0.25) is 4.79 Å². The summed E-state index contributed by atoms with van der Waals surface area (Å²) < 4.78 is 0. The zero-order valence-corrected chi connectivity index (χ0v) is 11.1. The second-order valence-corrected chi connectivity index (χ2v) is 4.82. The monoisotopic (exact) mass is 258 g/mol. The molecule has 2 N–H and O–H groups in total. The zero-order valence-electron chi connectivity index (χ0n) is 11.1. The van der Waals surface area contributed by atoms with Crippen molar-refractivity contribution in [2.24, 2.45) is 0 Å². The molecule has 1 atom stereocenters. The molecule has 0 aliphatic heterocycles. The molecule has 0 spiro atoms. The fourth-order valence-electron chi connectivity index (χ4n) is 1.94. The number of unbranched alkanes of at least 4 members (excludes halogenated alkanes) is 8. The van der Waals surface area contributed by atoms with E-state index in [0.29, 0.717) is 19.1 Å². The molecule has 0 amide bonds. The minimum atomic E-state index is -0.778. The minimum absolute atomic E-state index is 0.291. The number of aldehydes is 1. The van der Waals surface area contributed by atoms with Crippen molar-refractivity contribution in [3.63, 3.8) is 0 Å². The second-order valence-electron chi connectivity index (χ2n) is 4.82. The van der Waals surface area contributed by atoms with E-state index in [2.05, 4.69) is 0 Å². The molecule has 0 aromatic carbocycles. The molecule has 0 aliphatic carbocycles. The number of aliphatic carboxylic acids is 1. The standard InChI is InChI=1S/C14H26O4/c15-12-13(16)10-8-6-4-2-1-3-5-7-9-11-14(17)18/h12-13,16H,1-11H2,(H,17,18). The van der Waals surface area contributed by atoms with E-state index in [4.69, 9.17) is 10.2 Å². The smallest absolute Gasteiger partial charge is 0.303 e. The quantitative estimate of drug-likeness (QED) is 0.393. The van der Waals surface area contributed by atoms with E-state index in [1.165, 1.54) is 19.3 Å². The Kier molecular flexibility index (Phi) is 11.9. The highest BCUT2D eigenvalue weighted by Gasteiger charge is 2.00. The molecule has 0 rings (SSSR count). The van der Waals surface area contributed by atoms with Crippen LogP contribution in [0, 0.1) is 0 Å². The lowest BCUT2D eigenvalue weighted by molar-refractivity contribution is -0.137. The fraction of sp³-hybridized carbons (Fsp3) is 0.857. The van der Waals surface area contributed by atoms with Gasteiger partial charge >= 0.3 is 5.97 Å². The SMILES string of the molecule is O=CC(O)CCCCCCCCCCCC(=O)O. The third-order valence-corrected chi connectivity index (χ3v) is 3.05. The van der Waals surface area contributed by atoms with E-state index in [0.717, 1.165) is 38.5 Å². The highest BCUT2D eigenvalue weighted by atomic mass is 16.4. The van der Waals surface area contributed by atoms with Crippen LogP contribution in [0.2, 0.25) is 0 Å². The maximum absolute atomic E-state index is 10.3. The molecule has 0 aromatic heterocycles. The third-order valence-electron chi connectivity index (χ3n) is 3.05. The maximum atomic E-state index is 10.3. The molecule has 0 heterocycles. The summed E-state index contributed by atoms with van der Waals surface area (Å²) in [6.07, 6.45) is 10.3. The van der Waals surface area contributed by atoms with Gasteiger partial charge in [-0.05, 0) is 12.8 Å². The van der Waals surface area contributed by atoms with Gasteiger partial charge in [-0.1, -0.05) is 51.4 Å². The van der Waals surface area contributed by atoms with Crippen molar-refractivity contribution in [2.45, 2.75) is 76.7 Å². The lowest BCUT2D eigenvalue weighted by Crippen LogP contribution is -2.06. The molecule has 18 heavy (non-hydrogen) atoms. The topological polar surface area (TPSA) is 74.6 Å². The molecule has 0 aliphatic rings. The second kappa shape index (κ2) is 12.6. The molecular weight excluding hydrogens is 232 g/mol. The minimum Gasteiger partial charge on any atom is -0.481 e. The first kappa shape index (κ1) is 17.1. The summed E-state index contributed by atoms with van der Waals surface area (Å²) in [5.74, 6) is -0.701. The molecule has 1 unspecified atom stereocenters. The number of aliphatic hydroxyl groups is 1. The van der Waals surface area contributed by atoms with Gasteiger partial charge in [-0.2, -0.15) is 0 Å². The van der Waals surface area contributed by atoms with Crippen LogP contribution in [0.3, 0.4) is 0 Å². The van der Waals surface area contributed by atoms with Crippen molar-refractivity contribution < 1.29 is 19.8 Å². The molecule has 0 fully saturated rings. The van der Waals surface area contributed by atoms with Crippen molar-refractivity contribution in [3.05, 3.63) is 0 Å². The Morgan fingerprint density at radius 3 is 1.78 bits per heavy atom. The molecule has 0 bridgehead atoms. The Labute approximate surface area is 109 Å². The number of rotatable bonds is 13. The lowest BCUT2D eigenvalue weighted by Gasteiger charge is -2.03. The number of carboxylic acids is 1. The average Bonchev–Trinajstić information content (AvgIpc) is 2.35. The van der Waals surface area contributed by atoms with Crippen LogP contribution < -0.4 is 0 Å². The van der Waals surface area contributed by atoms with E-state index in [9.17, 15) is 9.59 Å². The predicted octanol–water partition coefficient (Wildman–Crippen LogP) is 2.92. The van der Waals surface area contributed by atoms with Gasteiger partial charge in [0.2, 0.25) is 0 Å². The van der Waals surface area contributed by atoms with Gasteiger partial charge in [-0.25, -0.2) is 0 Å². The van der Waals surface area contributed by atoms with Crippen molar-refractivity contribution in [3.8, 4) is 0 Å². The average molecular weight is 258 g/mol. The Morgan fingerprint density at radius 1 is 0.889 bits per heavy atom. The zero-order chi connectivity index (χ0) is 13.6. The van der Waals surface area contributed by atoms with Gasteiger partial charge in [-0.15, -0.1) is 0 Å². The van der Waals surface area contributed by atoms with Crippen LogP contribution in [0.15, 0.2) is 0 Å². The van der Waals surface area contributed by atoms with Crippen molar-refractivity contribution in [2.75, 3.05) is 0 Å². The number of carboxylic acid groups (broad SMARTS) is 1. The molecule has 0 radical (unpaired) electrons. The van der Waals surface area contributed by atoms with Gasteiger partial charge in [0, 0.05) is 6.42 Å². The molecule has 0 saturated carbocycles. The number of carbonyl (C=O) groups excluding carboxylic acids is 1. The van der Waals surface area contributed by atoms with Crippen LogP contribution in [0.5, 0.6) is 0 Å². The van der Waals surface area contributed by atoms with Crippen molar-refractivity contribution in [1.29, 1.82) is 0 Å². The molecular formula is C14H26O4. The molecule has 106 valence electrons. The van der Waals surface area contributed by atoms with Gasteiger partial charge in [0.25, 0.3) is 0 Å². The highest BCUT2D eigenvalue weighted by molar-refractivity contribution is 5.66. The lowest BCUT2D eigenvalue weighted by atomic mass is 10.0. The van der Waals surface area contributed by atoms with Crippen LogP contribution in [0.1, 0.15) is 70.6 Å². The Hall–Kier alpha value is -0.900. The summed E-state index contributed by atoms with van der Waals surface area (Å²) in [6, 6.07) is 0. The summed E-state index contributed by atoms with van der Waals surface area (Å²) in [4.78, 5) is 20.4. The van der Waals surface area contributed by atoms with Crippen LogP contribution in [-0.4, -0.2) is 28.6 Å². The van der Waals surface area contributed by atoms with E-state index >= 15 is 0 Å². The first-order valence-electron chi connectivity index (χ1n) is 7.02. The predicted molar refractivity (Wildman–Crippen MR) is 70.5 cm³/mol. The van der Waals surface area contributed by atoms with Gasteiger partial charge in [0.1, 0.15) is 12.4 Å². The molecule has 0 saturated heterocycles. The molecule has 4 nitrogen and oxygen atoms in total. The first-order chi connectivity index (χ1) is 8.66. The van der Waals surface area contributed by atoms with Crippen LogP contribution in [-0.2, 0) is 9.59 Å². The summed E-state index contributed by atoms with van der Waals surface area (Å²) in [6.45, 7) is 0. The molecule has 4 heteroatoms. The third kappa shape index (κ3) is 13.2. The Balaban J connectivity index is 3.03.